The average molecular weight is 286 g/mol. The van der Waals surface area contributed by atoms with Gasteiger partial charge in [0.25, 0.3) is 0 Å². The zero-order valence-electron chi connectivity index (χ0n) is 13.5. The molecule has 0 fully saturated rings. The van der Waals surface area contributed by atoms with E-state index in [0.717, 1.165) is 30.1 Å². The maximum Gasteiger partial charge on any atom is 0.150 e. The van der Waals surface area contributed by atoms with Crippen molar-refractivity contribution in [1.29, 1.82) is 0 Å². The number of aryl methyl sites for hydroxylation is 2. The summed E-state index contributed by atoms with van der Waals surface area (Å²) in [7, 11) is 0. The molecular formula is C17H26N4. The highest BCUT2D eigenvalue weighted by atomic mass is 15.3. The second kappa shape index (κ2) is 6.85. The summed E-state index contributed by atoms with van der Waals surface area (Å²) in [5.74, 6) is 2.46. The van der Waals surface area contributed by atoms with Crippen LogP contribution in [0.1, 0.15) is 62.4 Å². The Hall–Kier alpha value is -1.68. The van der Waals surface area contributed by atoms with Gasteiger partial charge in [-0.05, 0) is 17.0 Å². The van der Waals surface area contributed by atoms with Crippen LogP contribution in [-0.4, -0.2) is 14.8 Å². The topological polar surface area (TPSA) is 56.7 Å². The summed E-state index contributed by atoms with van der Waals surface area (Å²) in [4.78, 5) is 4.53. The Morgan fingerprint density at radius 2 is 1.67 bits per heavy atom. The van der Waals surface area contributed by atoms with Gasteiger partial charge in [0, 0.05) is 18.9 Å². The molecule has 0 spiro atoms. The molecule has 0 saturated heterocycles. The Kier molecular flexibility index (Phi) is 5.12. The first-order valence-corrected chi connectivity index (χ1v) is 7.83. The van der Waals surface area contributed by atoms with Gasteiger partial charge in [-0.1, -0.05) is 52.0 Å². The van der Waals surface area contributed by atoms with Crippen molar-refractivity contribution < 1.29 is 0 Å². The Bertz CT molecular complexity index is 569. The molecule has 1 unspecified atom stereocenters. The molecule has 1 heterocycles. The predicted molar refractivity (Wildman–Crippen MR) is 86.2 cm³/mol. The van der Waals surface area contributed by atoms with Crippen molar-refractivity contribution in [3.63, 3.8) is 0 Å². The first kappa shape index (κ1) is 15.7. The summed E-state index contributed by atoms with van der Waals surface area (Å²) < 4.78 is 1.96. The quantitative estimate of drug-likeness (QED) is 0.887. The summed E-state index contributed by atoms with van der Waals surface area (Å²) in [6, 6.07) is 8.54. The van der Waals surface area contributed by atoms with E-state index in [9.17, 15) is 0 Å². The van der Waals surface area contributed by atoms with E-state index in [0.29, 0.717) is 12.5 Å². The predicted octanol–water partition coefficient (Wildman–Crippen LogP) is 3.23. The van der Waals surface area contributed by atoms with E-state index in [-0.39, 0.29) is 6.04 Å². The average Bonchev–Trinajstić information content (AvgIpc) is 2.89. The van der Waals surface area contributed by atoms with Crippen LogP contribution in [0.4, 0.5) is 0 Å². The van der Waals surface area contributed by atoms with Crippen molar-refractivity contribution >= 4 is 0 Å². The molecule has 0 aliphatic rings. The SMILES string of the molecule is CCc1nc(CC)n(CC(N)c2ccc(C(C)C)cc2)n1. The number of hydrogen-bond donors (Lipinski definition) is 1. The van der Waals surface area contributed by atoms with Crippen LogP contribution in [0, 0.1) is 0 Å². The van der Waals surface area contributed by atoms with Crippen LogP contribution >= 0.6 is 0 Å². The van der Waals surface area contributed by atoms with E-state index < -0.39 is 0 Å². The third-order valence-corrected chi connectivity index (χ3v) is 3.83. The molecule has 4 heteroatoms. The van der Waals surface area contributed by atoms with E-state index in [2.05, 4.69) is 62.0 Å². The number of nitrogens with two attached hydrogens (primary N) is 1. The van der Waals surface area contributed by atoms with Crippen molar-refractivity contribution in [2.24, 2.45) is 5.73 Å². The highest BCUT2D eigenvalue weighted by Crippen LogP contribution is 2.19. The monoisotopic (exact) mass is 286 g/mol. The van der Waals surface area contributed by atoms with E-state index in [1.165, 1.54) is 5.56 Å². The number of rotatable bonds is 6. The van der Waals surface area contributed by atoms with E-state index in [4.69, 9.17) is 5.73 Å². The van der Waals surface area contributed by atoms with Crippen molar-refractivity contribution in [2.75, 3.05) is 0 Å². The van der Waals surface area contributed by atoms with Crippen LogP contribution in [0.15, 0.2) is 24.3 Å². The van der Waals surface area contributed by atoms with Crippen molar-refractivity contribution in [3.8, 4) is 0 Å². The lowest BCUT2D eigenvalue weighted by Crippen LogP contribution is -2.20. The summed E-state index contributed by atoms with van der Waals surface area (Å²) in [5.41, 5.74) is 8.83. The standard InChI is InChI=1S/C17H26N4/c1-5-16-19-17(6-2)21(20-16)11-15(18)14-9-7-13(8-10-14)12(3)4/h7-10,12,15H,5-6,11,18H2,1-4H3. The van der Waals surface area contributed by atoms with Gasteiger partial charge < -0.3 is 5.73 Å². The third-order valence-electron chi connectivity index (χ3n) is 3.83. The molecule has 114 valence electrons. The summed E-state index contributed by atoms with van der Waals surface area (Å²) >= 11 is 0. The number of nitrogens with zero attached hydrogens (tertiary/aromatic N) is 3. The molecule has 0 saturated carbocycles. The molecule has 0 bridgehead atoms. The Balaban J connectivity index is 2.13. The van der Waals surface area contributed by atoms with Crippen molar-refractivity contribution in [1.82, 2.24) is 14.8 Å². The molecule has 1 aromatic heterocycles. The van der Waals surface area contributed by atoms with Crippen LogP contribution in [0.3, 0.4) is 0 Å². The molecule has 0 amide bonds. The summed E-state index contributed by atoms with van der Waals surface area (Å²) in [5, 5.41) is 4.54. The van der Waals surface area contributed by atoms with E-state index in [1.54, 1.807) is 0 Å². The molecule has 0 radical (unpaired) electrons. The fraction of sp³-hybridized carbons (Fsp3) is 0.529. The second-order valence-electron chi connectivity index (χ2n) is 5.76. The zero-order chi connectivity index (χ0) is 15.4. The van der Waals surface area contributed by atoms with Gasteiger partial charge in [-0.2, -0.15) is 5.10 Å². The fourth-order valence-electron chi connectivity index (χ4n) is 2.40. The van der Waals surface area contributed by atoms with Gasteiger partial charge >= 0.3 is 0 Å². The maximum atomic E-state index is 6.34. The smallest absolute Gasteiger partial charge is 0.150 e. The molecular weight excluding hydrogens is 260 g/mol. The largest absolute Gasteiger partial charge is 0.322 e. The third kappa shape index (κ3) is 3.70. The van der Waals surface area contributed by atoms with E-state index >= 15 is 0 Å². The van der Waals surface area contributed by atoms with Gasteiger partial charge in [-0.3, -0.25) is 0 Å². The Labute approximate surface area is 127 Å². The van der Waals surface area contributed by atoms with Gasteiger partial charge in [0.05, 0.1) is 6.54 Å². The Morgan fingerprint density at radius 3 is 2.19 bits per heavy atom. The fourth-order valence-corrected chi connectivity index (χ4v) is 2.40. The van der Waals surface area contributed by atoms with E-state index in [1.807, 2.05) is 4.68 Å². The lowest BCUT2D eigenvalue weighted by Gasteiger charge is -2.14. The molecule has 4 nitrogen and oxygen atoms in total. The summed E-state index contributed by atoms with van der Waals surface area (Å²) in [6.07, 6.45) is 1.74. The minimum atomic E-state index is -0.0529. The first-order valence-electron chi connectivity index (χ1n) is 7.83. The van der Waals surface area contributed by atoms with Crippen LogP contribution in [-0.2, 0) is 19.4 Å². The number of aromatic nitrogens is 3. The maximum absolute atomic E-state index is 6.34. The lowest BCUT2D eigenvalue weighted by atomic mass is 9.99. The van der Waals surface area contributed by atoms with Gasteiger partial charge in [0.1, 0.15) is 5.82 Å². The highest BCUT2D eigenvalue weighted by molar-refractivity contribution is 5.26. The highest BCUT2D eigenvalue weighted by Gasteiger charge is 2.12. The molecule has 0 aliphatic heterocycles. The lowest BCUT2D eigenvalue weighted by molar-refractivity contribution is 0.505. The van der Waals surface area contributed by atoms with Crippen LogP contribution in [0.25, 0.3) is 0 Å². The van der Waals surface area contributed by atoms with Gasteiger partial charge in [0.15, 0.2) is 5.82 Å². The molecule has 2 aromatic rings. The van der Waals surface area contributed by atoms with Gasteiger partial charge in [-0.25, -0.2) is 9.67 Å². The number of hydrogen-bond acceptors (Lipinski definition) is 3. The second-order valence-corrected chi connectivity index (χ2v) is 5.76. The molecule has 1 atom stereocenters. The first-order chi connectivity index (χ1) is 10.0. The molecule has 2 N–H and O–H groups in total. The summed E-state index contributed by atoms with van der Waals surface area (Å²) in [6.45, 7) is 9.25. The van der Waals surface area contributed by atoms with Crippen LogP contribution in [0.5, 0.6) is 0 Å². The molecule has 0 aliphatic carbocycles. The van der Waals surface area contributed by atoms with Crippen LogP contribution < -0.4 is 5.73 Å². The van der Waals surface area contributed by atoms with Crippen molar-refractivity contribution in [3.05, 3.63) is 47.0 Å². The Morgan fingerprint density at radius 1 is 1.05 bits per heavy atom. The normalized spacial score (nSPS) is 12.9. The van der Waals surface area contributed by atoms with Crippen molar-refractivity contribution in [2.45, 2.75) is 59.0 Å². The van der Waals surface area contributed by atoms with Gasteiger partial charge in [-0.15, -0.1) is 0 Å². The number of benzene rings is 1. The minimum absolute atomic E-state index is 0.0529. The minimum Gasteiger partial charge on any atom is -0.322 e. The van der Waals surface area contributed by atoms with Crippen LogP contribution in [0.2, 0.25) is 0 Å². The zero-order valence-corrected chi connectivity index (χ0v) is 13.5. The molecule has 2 rings (SSSR count). The molecule has 1 aromatic carbocycles. The molecule has 21 heavy (non-hydrogen) atoms. The van der Waals surface area contributed by atoms with Gasteiger partial charge in [0.2, 0.25) is 0 Å².